The molecule has 1 fully saturated rings. The van der Waals surface area contributed by atoms with Gasteiger partial charge in [0.2, 0.25) is 0 Å². The van der Waals surface area contributed by atoms with Gasteiger partial charge in [0.15, 0.2) is 0 Å². The molecule has 1 nitrogen and oxygen atoms in total. The van der Waals surface area contributed by atoms with Crippen LogP contribution < -0.4 is 5.73 Å². The highest BCUT2D eigenvalue weighted by atomic mass is 19.1. The third-order valence-electron chi connectivity index (χ3n) is 4.01. The van der Waals surface area contributed by atoms with E-state index in [1.807, 2.05) is 12.1 Å². The zero-order valence-electron chi connectivity index (χ0n) is 9.88. The fourth-order valence-corrected chi connectivity index (χ4v) is 2.67. The maximum Gasteiger partial charge on any atom is 0.123 e. The Bertz CT molecular complexity index is 338. The summed E-state index contributed by atoms with van der Waals surface area (Å²) in [5.74, 6) is -0.176. The molecule has 0 amide bonds. The molecule has 1 aliphatic rings. The van der Waals surface area contributed by atoms with Crippen LogP contribution in [-0.2, 0) is 6.42 Å². The smallest absolute Gasteiger partial charge is 0.123 e. The molecule has 88 valence electrons. The van der Waals surface area contributed by atoms with Gasteiger partial charge in [-0.25, -0.2) is 4.39 Å². The third-order valence-corrected chi connectivity index (χ3v) is 4.01. The van der Waals surface area contributed by atoms with Crippen molar-refractivity contribution in [3.63, 3.8) is 0 Å². The first-order valence-corrected chi connectivity index (χ1v) is 6.10. The van der Waals surface area contributed by atoms with Crippen molar-refractivity contribution >= 4 is 0 Å². The Labute approximate surface area is 96.9 Å². The van der Waals surface area contributed by atoms with Crippen molar-refractivity contribution in [1.29, 1.82) is 0 Å². The lowest BCUT2D eigenvalue weighted by atomic mass is 9.78. The highest BCUT2D eigenvalue weighted by Gasteiger charge is 2.34. The summed E-state index contributed by atoms with van der Waals surface area (Å²) < 4.78 is 12.8. The lowest BCUT2D eigenvalue weighted by Crippen LogP contribution is -2.39. The first-order chi connectivity index (χ1) is 7.60. The van der Waals surface area contributed by atoms with E-state index in [1.54, 1.807) is 0 Å². The predicted octanol–water partition coefficient (Wildman–Crippen LogP) is 3.28. The molecule has 0 bridgehead atoms. The van der Waals surface area contributed by atoms with Crippen molar-refractivity contribution in [2.24, 2.45) is 11.1 Å². The van der Waals surface area contributed by atoms with E-state index in [2.05, 4.69) is 6.92 Å². The summed E-state index contributed by atoms with van der Waals surface area (Å²) in [7, 11) is 0. The van der Waals surface area contributed by atoms with E-state index in [4.69, 9.17) is 5.73 Å². The Hall–Kier alpha value is -0.890. The van der Waals surface area contributed by atoms with Crippen LogP contribution in [0.25, 0.3) is 0 Å². The highest BCUT2D eigenvalue weighted by Crippen LogP contribution is 2.40. The quantitative estimate of drug-likeness (QED) is 0.833. The fourth-order valence-electron chi connectivity index (χ4n) is 2.67. The standard InChI is InChI=1S/C14H20FN/c1-14(8-2-3-9-14)13(16)10-11-4-6-12(15)7-5-11/h4-7,13H,2-3,8-10,16H2,1H3. The normalized spacial score (nSPS) is 20.9. The van der Waals surface area contributed by atoms with E-state index < -0.39 is 0 Å². The Morgan fingerprint density at radius 3 is 2.38 bits per heavy atom. The Morgan fingerprint density at radius 1 is 1.25 bits per heavy atom. The van der Waals surface area contributed by atoms with Crippen molar-refractivity contribution in [3.8, 4) is 0 Å². The summed E-state index contributed by atoms with van der Waals surface area (Å²) in [6.07, 6.45) is 5.92. The lowest BCUT2D eigenvalue weighted by molar-refractivity contribution is 0.260. The number of hydrogen-bond donors (Lipinski definition) is 1. The Kier molecular flexibility index (Phi) is 3.29. The molecule has 1 aromatic rings. The molecule has 16 heavy (non-hydrogen) atoms. The van der Waals surface area contributed by atoms with Crippen LogP contribution in [0.1, 0.15) is 38.2 Å². The first-order valence-electron chi connectivity index (χ1n) is 6.10. The SMILES string of the molecule is CC1(C(N)Cc2ccc(F)cc2)CCCC1. The first kappa shape index (κ1) is 11.6. The second-order valence-electron chi connectivity index (χ2n) is 5.30. The zero-order chi connectivity index (χ0) is 11.6. The van der Waals surface area contributed by atoms with Gasteiger partial charge in [-0.3, -0.25) is 0 Å². The van der Waals surface area contributed by atoms with E-state index in [-0.39, 0.29) is 17.3 Å². The minimum absolute atomic E-state index is 0.176. The largest absolute Gasteiger partial charge is 0.327 e. The number of nitrogens with two attached hydrogens (primary N) is 1. The average molecular weight is 221 g/mol. The minimum atomic E-state index is -0.176. The van der Waals surface area contributed by atoms with Gasteiger partial charge in [-0.1, -0.05) is 31.9 Å². The molecule has 1 saturated carbocycles. The van der Waals surface area contributed by atoms with Crippen LogP contribution in [0.5, 0.6) is 0 Å². The minimum Gasteiger partial charge on any atom is -0.327 e. The van der Waals surface area contributed by atoms with Crippen molar-refractivity contribution < 1.29 is 4.39 Å². The molecule has 0 heterocycles. The molecule has 0 spiro atoms. The summed E-state index contributed by atoms with van der Waals surface area (Å²) in [4.78, 5) is 0. The molecule has 0 aromatic heterocycles. The highest BCUT2D eigenvalue weighted by molar-refractivity contribution is 5.18. The summed E-state index contributed by atoms with van der Waals surface area (Å²) in [6.45, 7) is 2.29. The fraction of sp³-hybridized carbons (Fsp3) is 0.571. The maximum absolute atomic E-state index is 12.8. The number of halogens is 1. The zero-order valence-corrected chi connectivity index (χ0v) is 9.88. The van der Waals surface area contributed by atoms with E-state index in [9.17, 15) is 4.39 Å². The van der Waals surface area contributed by atoms with Crippen molar-refractivity contribution in [1.82, 2.24) is 0 Å². The molecular weight excluding hydrogens is 201 g/mol. The van der Waals surface area contributed by atoms with Crippen LogP contribution in [0, 0.1) is 11.2 Å². The monoisotopic (exact) mass is 221 g/mol. The molecule has 1 aromatic carbocycles. The number of benzene rings is 1. The summed E-state index contributed by atoms with van der Waals surface area (Å²) in [6, 6.07) is 6.90. The molecule has 2 rings (SSSR count). The molecule has 0 radical (unpaired) electrons. The Morgan fingerprint density at radius 2 is 1.81 bits per heavy atom. The van der Waals surface area contributed by atoms with Gasteiger partial charge in [0.05, 0.1) is 0 Å². The maximum atomic E-state index is 12.8. The van der Waals surface area contributed by atoms with Crippen LogP contribution >= 0.6 is 0 Å². The topological polar surface area (TPSA) is 26.0 Å². The van der Waals surface area contributed by atoms with Gasteiger partial charge in [-0.15, -0.1) is 0 Å². The molecule has 0 aliphatic heterocycles. The summed E-state index contributed by atoms with van der Waals surface area (Å²) in [5.41, 5.74) is 7.72. The van der Waals surface area contributed by atoms with Crippen molar-refractivity contribution in [2.75, 3.05) is 0 Å². The van der Waals surface area contributed by atoms with E-state index >= 15 is 0 Å². The van der Waals surface area contributed by atoms with Crippen LogP contribution in [-0.4, -0.2) is 6.04 Å². The van der Waals surface area contributed by atoms with Crippen LogP contribution in [0.2, 0.25) is 0 Å². The molecule has 0 saturated heterocycles. The molecule has 2 heteroatoms. The second kappa shape index (κ2) is 4.54. The van der Waals surface area contributed by atoms with E-state index in [0.717, 1.165) is 12.0 Å². The van der Waals surface area contributed by atoms with Gasteiger partial charge < -0.3 is 5.73 Å². The van der Waals surface area contributed by atoms with Gasteiger partial charge in [-0.05, 0) is 42.4 Å². The van der Waals surface area contributed by atoms with Gasteiger partial charge in [-0.2, -0.15) is 0 Å². The Balaban J connectivity index is 2.01. The predicted molar refractivity (Wildman–Crippen MR) is 64.7 cm³/mol. The molecule has 1 aliphatic carbocycles. The van der Waals surface area contributed by atoms with Crippen molar-refractivity contribution in [3.05, 3.63) is 35.6 Å². The number of hydrogen-bond acceptors (Lipinski definition) is 1. The van der Waals surface area contributed by atoms with Gasteiger partial charge in [0.1, 0.15) is 5.82 Å². The van der Waals surface area contributed by atoms with Crippen molar-refractivity contribution in [2.45, 2.75) is 45.1 Å². The average Bonchev–Trinajstić information content (AvgIpc) is 2.70. The van der Waals surface area contributed by atoms with E-state index in [0.29, 0.717) is 0 Å². The third kappa shape index (κ3) is 2.43. The van der Waals surface area contributed by atoms with Crippen LogP contribution in [0.4, 0.5) is 4.39 Å². The molecule has 1 atom stereocenters. The summed E-state index contributed by atoms with van der Waals surface area (Å²) >= 11 is 0. The molecule has 2 N–H and O–H groups in total. The van der Waals surface area contributed by atoms with Gasteiger partial charge in [0.25, 0.3) is 0 Å². The number of rotatable bonds is 3. The van der Waals surface area contributed by atoms with Crippen LogP contribution in [0.3, 0.4) is 0 Å². The molecular formula is C14H20FN. The molecule has 1 unspecified atom stereocenters. The summed E-state index contributed by atoms with van der Waals surface area (Å²) in [5, 5.41) is 0. The van der Waals surface area contributed by atoms with Gasteiger partial charge in [0, 0.05) is 6.04 Å². The van der Waals surface area contributed by atoms with Gasteiger partial charge >= 0.3 is 0 Å². The van der Waals surface area contributed by atoms with Crippen LogP contribution in [0.15, 0.2) is 24.3 Å². The second-order valence-corrected chi connectivity index (χ2v) is 5.30. The van der Waals surface area contributed by atoms with E-state index in [1.165, 1.54) is 37.8 Å². The lowest BCUT2D eigenvalue weighted by Gasteiger charge is -2.31.